The van der Waals surface area contributed by atoms with Crippen molar-refractivity contribution in [2.45, 2.75) is 0 Å². The molecule has 18 heavy (non-hydrogen) atoms. The molecule has 3 aromatic rings. The van der Waals surface area contributed by atoms with E-state index < -0.39 is 5.97 Å². The summed E-state index contributed by atoms with van der Waals surface area (Å²) in [5.74, 6) is 0.0436. The quantitative estimate of drug-likeness (QED) is 0.551. The zero-order chi connectivity index (χ0) is 12.4. The first-order valence-electron chi connectivity index (χ1n) is 5.53. The molecule has 0 spiro atoms. The summed E-state index contributed by atoms with van der Waals surface area (Å²) in [4.78, 5) is 18.8. The van der Waals surface area contributed by atoms with Crippen LogP contribution in [0.4, 0.5) is 0 Å². The van der Waals surface area contributed by atoms with Gasteiger partial charge in [0.15, 0.2) is 0 Å². The second-order valence-electron chi connectivity index (χ2n) is 3.83. The van der Waals surface area contributed by atoms with Crippen molar-refractivity contribution in [1.82, 2.24) is 9.97 Å². The van der Waals surface area contributed by atoms with Crippen LogP contribution in [0.2, 0.25) is 0 Å². The first kappa shape index (κ1) is 10.5. The minimum absolute atomic E-state index is 0.295. The van der Waals surface area contributed by atoms with Gasteiger partial charge in [-0.2, -0.15) is 0 Å². The van der Waals surface area contributed by atoms with E-state index in [0.717, 1.165) is 10.9 Å². The lowest BCUT2D eigenvalue weighted by molar-refractivity contribution is 0.0729. The molecule has 0 saturated heterocycles. The summed E-state index contributed by atoms with van der Waals surface area (Å²) in [5.41, 5.74) is 1.23. The van der Waals surface area contributed by atoms with Crippen molar-refractivity contribution in [3.8, 4) is 5.75 Å². The van der Waals surface area contributed by atoms with Crippen LogP contribution in [-0.2, 0) is 0 Å². The third-order valence-corrected chi connectivity index (χ3v) is 2.61. The molecule has 1 aromatic carbocycles. The van der Waals surface area contributed by atoms with Gasteiger partial charge in [0, 0.05) is 24.0 Å². The van der Waals surface area contributed by atoms with E-state index in [4.69, 9.17) is 4.74 Å². The van der Waals surface area contributed by atoms with E-state index in [1.54, 1.807) is 36.5 Å². The van der Waals surface area contributed by atoms with Crippen molar-refractivity contribution >= 4 is 16.9 Å². The predicted octanol–water partition coefficient (Wildman–Crippen LogP) is 2.78. The number of hydrogen-bond acceptors (Lipinski definition) is 3. The summed E-state index contributed by atoms with van der Waals surface area (Å²) in [6, 6.07) is 12.5. The molecule has 0 bridgehead atoms. The fourth-order valence-electron chi connectivity index (χ4n) is 1.73. The van der Waals surface area contributed by atoms with Gasteiger partial charge in [0.2, 0.25) is 0 Å². The van der Waals surface area contributed by atoms with Crippen molar-refractivity contribution < 1.29 is 9.53 Å². The first-order valence-corrected chi connectivity index (χ1v) is 5.53. The Hall–Kier alpha value is -2.62. The Balaban J connectivity index is 1.86. The molecule has 4 nitrogen and oxygen atoms in total. The van der Waals surface area contributed by atoms with Gasteiger partial charge < -0.3 is 9.72 Å². The van der Waals surface area contributed by atoms with Gasteiger partial charge in [-0.05, 0) is 35.7 Å². The largest absolute Gasteiger partial charge is 0.422 e. The number of carbonyl (C=O) groups excluding carboxylic acids is 1. The van der Waals surface area contributed by atoms with Crippen LogP contribution in [0.25, 0.3) is 10.9 Å². The van der Waals surface area contributed by atoms with Crippen LogP contribution in [0.15, 0.2) is 54.9 Å². The Kier molecular flexibility index (Phi) is 2.53. The molecule has 2 heterocycles. The average Bonchev–Trinajstić information content (AvgIpc) is 2.87. The van der Waals surface area contributed by atoms with Gasteiger partial charge in [0.1, 0.15) is 11.4 Å². The lowest BCUT2D eigenvalue weighted by atomic mass is 10.2. The SMILES string of the molecule is O=C(Oc1ccc2cc[nH]c2c1)c1ccccn1. The number of benzene rings is 1. The number of pyridine rings is 1. The summed E-state index contributed by atoms with van der Waals surface area (Å²) in [6.45, 7) is 0. The molecule has 0 unspecified atom stereocenters. The highest BCUT2D eigenvalue weighted by atomic mass is 16.5. The maximum atomic E-state index is 11.8. The van der Waals surface area contributed by atoms with E-state index in [0.29, 0.717) is 11.4 Å². The molecule has 2 aromatic heterocycles. The standard InChI is InChI=1S/C14H10N2O2/c17-14(12-3-1-2-7-15-12)18-11-5-4-10-6-8-16-13(10)9-11/h1-9,16H. The lowest BCUT2D eigenvalue weighted by Gasteiger charge is -2.03. The van der Waals surface area contributed by atoms with Crippen LogP contribution in [0.1, 0.15) is 10.5 Å². The van der Waals surface area contributed by atoms with Gasteiger partial charge in [0.05, 0.1) is 0 Å². The number of esters is 1. The molecular weight excluding hydrogens is 228 g/mol. The van der Waals surface area contributed by atoms with E-state index in [1.807, 2.05) is 18.3 Å². The van der Waals surface area contributed by atoms with Crippen LogP contribution in [-0.4, -0.2) is 15.9 Å². The summed E-state index contributed by atoms with van der Waals surface area (Å²) in [7, 11) is 0. The summed E-state index contributed by atoms with van der Waals surface area (Å²) >= 11 is 0. The Labute approximate surface area is 103 Å². The molecule has 1 N–H and O–H groups in total. The van der Waals surface area contributed by atoms with Crippen molar-refractivity contribution in [3.05, 3.63) is 60.6 Å². The molecule has 0 saturated carbocycles. The number of rotatable bonds is 2. The van der Waals surface area contributed by atoms with Crippen molar-refractivity contribution in [1.29, 1.82) is 0 Å². The molecule has 0 fully saturated rings. The predicted molar refractivity (Wildman–Crippen MR) is 67.5 cm³/mol. The zero-order valence-electron chi connectivity index (χ0n) is 9.46. The zero-order valence-corrected chi connectivity index (χ0v) is 9.46. The third kappa shape index (κ3) is 1.96. The topological polar surface area (TPSA) is 55.0 Å². The normalized spacial score (nSPS) is 10.4. The number of ether oxygens (including phenoxy) is 1. The van der Waals surface area contributed by atoms with Crippen LogP contribution in [0.3, 0.4) is 0 Å². The van der Waals surface area contributed by atoms with Gasteiger partial charge in [-0.3, -0.25) is 0 Å². The van der Waals surface area contributed by atoms with E-state index in [9.17, 15) is 4.79 Å². The van der Waals surface area contributed by atoms with Gasteiger partial charge >= 0.3 is 5.97 Å². The van der Waals surface area contributed by atoms with Crippen molar-refractivity contribution in [3.63, 3.8) is 0 Å². The van der Waals surface area contributed by atoms with Crippen LogP contribution in [0, 0.1) is 0 Å². The number of carbonyl (C=O) groups is 1. The smallest absolute Gasteiger partial charge is 0.362 e. The highest BCUT2D eigenvalue weighted by Crippen LogP contribution is 2.20. The highest BCUT2D eigenvalue weighted by molar-refractivity contribution is 5.89. The van der Waals surface area contributed by atoms with Crippen molar-refractivity contribution in [2.24, 2.45) is 0 Å². The highest BCUT2D eigenvalue weighted by Gasteiger charge is 2.09. The molecular formula is C14H10N2O2. The molecule has 4 heteroatoms. The third-order valence-electron chi connectivity index (χ3n) is 2.61. The molecule has 88 valence electrons. The number of aromatic nitrogens is 2. The van der Waals surface area contributed by atoms with Gasteiger partial charge in [-0.1, -0.05) is 6.07 Å². The molecule has 0 amide bonds. The Bertz CT molecular complexity index is 689. The number of H-pyrrole nitrogens is 1. The van der Waals surface area contributed by atoms with Crippen LogP contribution >= 0.6 is 0 Å². The van der Waals surface area contributed by atoms with Gasteiger partial charge in [-0.25, -0.2) is 9.78 Å². The Morgan fingerprint density at radius 2 is 2.11 bits per heavy atom. The maximum absolute atomic E-state index is 11.8. The summed E-state index contributed by atoms with van der Waals surface area (Å²) in [5, 5.41) is 1.08. The second-order valence-corrected chi connectivity index (χ2v) is 3.83. The van der Waals surface area contributed by atoms with Crippen LogP contribution in [0.5, 0.6) is 5.75 Å². The molecule has 0 aliphatic rings. The van der Waals surface area contributed by atoms with Crippen molar-refractivity contribution in [2.75, 3.05) is 0 Å². The number of nitrogens with zero attached hydrogens (tertiary/aromatic N) is 1. The molecule has 0 radical (unpaired) electrons. The van der Waals surface area contributed by atoms with Crippen LogP contribution < -0.4 is 4.74 Å². The first-order chi connectivity index (χ1) is 8.83. The van der Waals surface area contributed by atoms with E-state index in [2.05, 4.69) is 9.97 Å². The average molecular weight is 238 g/mol. The molecule has 0 aliphatic heterocycles. The minimum Gasteiger partial charge on any atom is -0.422 e. The van der Waals surface area contributed by atoms with Gasteiger partial charge in [0.25, 0.3) is 0 Å². The lowest BCUT2D eigenvalue weighted by Crippen LogP contribution is -2.09. The number of hydrogen-bond donors (Lipinski definition) is 1. The summed E-state index contributed by atoms with van der Waals surface area (Å²) in [6.07, 6.45) is 3.40. The number of fused-ring (bicyclic) bond motifs is 1. The second kappa shape index (κ2) is 4.33. The monoisotopic (exact) mass is 238 g/mol. The fraction of sp³-hybridized carbons (Fsp3) is 0. The van der Waals surface area contributed by atoms with E-state index in [1.165, 1.54) is 0 Å². The fourth-order valence-corrected chi connectivity index (χ4v) is 1.73. The summed E-state index contributed by atoms with van der Waals surface area (Å²) < 4.78 is 5.26. The molecule has 0 atom stereocenters. The maximum Gasteiger partial charge on any atom is 0.362 e. The van der Waals surface area contributed by atoms with E-state index >= 15 is 0 Å². The molecule has 0 aliphatic carbocycles. The number of nitrogens with one attached hydrogen (secondary N) is 1. The van der Waals surface area contributed by atoms with Gasteiger partial charge in [-0.15, -0.1) is 0 Å². The minimum atomic E-state index is -0.457. The van der Waals surface area contributed by atoms with E-state index in [-0.39, 0.29) is 0 Å². The number of aromatic amines is 1. The Morgan fingerprint density at radius 3 is 2.94 bits per heavy atom. The molecule has 3 rings (SSSR count). The Morgan fingerprint density at radius 1 is 1.17 bits per heavy atom.